The number of guanidine groups is 1. The highest BCUT2D eigenvalue weighted by Crippen LogP contribution is 2.45. The van der Waals surface area contributed by atoms with Gasteiger partial charge in [0.25, 0.3) is 0 Å². The van der Waals surface area contributed by atoms with Crippen molar-refractivity contribution in [3.05, 3.63) is 29.8 Å². The predicted octanol–water partition coefficient (Wildman–Crippen LogP) is 3.32. The van der Waals surface area contributed by atoms with E-state index in [2.05, 4.69) is 54.9 Å². The van der Waals surface area contributed by atoms with Crippen LogP contribution in [0.15, 0.2) is 29.3 Å². The van der Waals surface area contributed by atoms with Gasteiger partial charge in [0.05, 0.1) is 12.1 Å². The molecule has 1 heterocycles. The molecule has 2 aliphatic rings. The van der Waals surface area contributed by atoms with Crippen LogP contribution in [-0.2, 0) is 0 Å². The van der Waals surface area contributed by atoms with Gasteiger partial charge < -0.3 is 10.6 Å². The Morgan fingerprint density at radius 3 is 2.75 bits per heavy atom. The van der Waals surface area contributed by atoms with Gasteiger partial charge in [-0.2, -0.15) is 0 Å². The summed E-state index contributed by atoms with van der Waals surface area (Å²) in [5.41, 5.74) is 8.86. The molecule has 0 amide bonds. The van der Waals surface area contributed by atoms with E-state index in [9.17, 15) is 0 Å². The number of benzene rings is 1. The molecule has 0 aromatic heterocycles. The molecular formula is C17H25N3. The molecule has 1 saturated carbocycles. The van der Waals surface area contributed by atoms with Gasteiger partial charge in [-0.05, 0) is 49.7 Å². The topological polar surface area (TPSA) is 41.6 Å². The maximum atomic E-state index is 6.26. The van der Waals surface area contributed by atoms with Crippen molar-refractivity contribution in [2.24, 2.45) is 22.6 Å². The minimum atomic E-state index is 0.0999. The molecule has 3 nitrogen and oxygen atoms in total. The van der Waals surface area contributed by atoms with Gasteiger partial charge in [0.1, 0.15) is 0 Å². The third-order valence-corrected chi connectivity index (χ3v) is 5.29. The van der Waals surface area contributed by atoms with Gasteiger partial charge in [0, 0.05) is 5.69 Å². The Bertz CT molecular complexity index is 537. The Hall–Kier alpha value is -1.51. The first-order chi connectivity index (χ1) is 9.54. The molecule has 1 aromatic rings. The fourth-order valence-corrected chi connectivity index (χ4v) is 4.02. The molecule has 0 saturated heterocycles. The van der Waals surface area contributed by atoms with Gasteiger partial charge >= 0.3 is 0 Å². The van der Waals surface area contributed by atoms with Crippen molar-refractivity contribution in [2.45, 2.75) is 45.6 Å². The molecule has 1 spiro atoms. The van der Waals surface area contributed by atoms with Crippen LogP contribution in [-0.4, -0.2) is 18.0 Å². The second kappa shape index (κ2) is 4.80. The zero-order valence-electron chi connectivity index (χ0n) is 12.8. The van der Waals surface area contributed by atoms with E-state index in [1.165, 1.54) is 30.5 Å². The molecular weight excluding hydrogens is 246 g/mol. The molecule has 20 heavy (non-hydrogen) atoms. The van der Waals surface area contributed by atoms with Gasteiger partial charge in [0.15, 0.2) is 5.96 Å². The molecule has 2 N–H and O–H groups in total. The zero-order chi connectivity index (χ0) is 14.3. The molecule has 1 aliphatic heterocycles. The second-order valence-corrected chi connectivity index (χ2v) is 6.68. The first-order valence-corrected chi connectivity index (χ1v) is 7.70. The monoisotopic (exact) mass is 271 g/mol. The number of hydrogen-bond donors (Lipinski definition) is 1. The lowest BCUT2D eigenvalue weighted by Gasteiger charge is -2.48. The Kier molecular flexibility index (Phi) is 3.23. The SMILES string of the molecule is Cc1ccccc1N1C(N)=NCC12CCC(C)CC2C. The molecule has 108 valence electrons. The van der Waals surface area contributed by atoms with E-state index in [0.717, 1.165) is 12.5 Å². The Morgan fingerprint density at radius 1 is 1.30 bits per heavy atom. The van der Waals surface area contributed by atoms with E-state index in [1.54, 1.807) is 0 Å². The molecule has 3 heteroatoms. The summed E-state index contributed by atoms with van der Waals surface area (Å²) in [6.45, 7) is 7.74. The summed E-state index contributed by atoms with van der Waals surface area (Å²) >= 11 is 0. The van der Waals surface area contributed by atoms with E-state index in [-0.39, 0.29) is 5.54 Å². The van der Waals surface area contributed by atoms with Crippen LogP contribution in [0.4, 0.5) is 5.69 Å². The van der Waals surface area contributed by atoms with Gasteiger partial charge in [-0.15, -0.1) is 0 Å². The first kappa shape index (κ1) is 13.5. The van der Waals surface area contributed by atoms with Crippen LogP contribution in [0.25, 0.3) is 0 Å². The number of nitrogens with two attached hydrogens (primary N) is 1. The van der Waals surface area contributed by atoms with Gasteiger partial charge in [-0.25, -0.2) is 0 Å². The Labute approximate surface area is 121 Å². The summed E-state index contributed by atoms with van der Waals surface area (Å²) in [5.74, 6) is 2.13. The van der Waals surface area contributed by atoms with E-state index in [1.807, 2.05) is 0 Å². The summed E-state index contributed by atoms with van der Waals surface area (Å²) in [4.78, 5) is 6.94. The molecule has 0 bridgehead atoms. The maximum absolute atomic E-state index is 6.26. The predicted molar refractivity (Wildman–Crippen MR) is 85.1 cm³/mol. The van der Waals surface area contributed by atoms with Crippen molar-refractivity contribution in [1.82, 2.24) is 0 Å². The van der Waals surface area contributed by atoms with E-state index in [4.69, 9.17) is 5.73 Å². The fourth-order valence-electron chi connectivity index (χ4n) is 4.02. The number of aryl methyl sites for hydroxylation is 1. The summed E-state index contributed by atoms with van der Waals surface area (Å²) in [7, 11) is 0. The lowest BCUT2D eigenvalue weighted by Crippen LogP contribution is -2.58. The van der Waals surface area contributed by atoms with Crippen LogP contribution in [0, 0.1) is 18.8 Å². The number of rotatable bonds is 1. The molecule has 1 fully saturated rings. The van der Waals surface area contributed by atoms with E-state index >= 15 is 0 Å². The highest BCUT2D eigenvalue weighted by atomic mass is 15.4. The fraction of sp³-hybridized carbons (Fsp3) is 0.588. The molecule has 3 rings (SSSR count). The lowest BCUT2D eigenvalue weighted by atomic mass is 9.69. The van der Waals surface area contributed by atoms with Crippen molar-refractivity contribution >= 4 is 11.6 Å². The highest BCUT2D eigenvalue weighted by Gasteiger charge is 2.49. The largest absolute Gasteiger partial charge is 0.369 e. The van der Waals surface area contributed by atoms with Crippen LogP contribution in [0.5, 0.6) is 0 Å². The van der Waals surface area contributed by atoms with E-state index in [0.29, 0.717) is 11.9 Å². The third-order valence-electron chi connectivity index (χ3n) is 5.29. The van der Waals surface area contributed by atoms with Gasteiger partial charge in [-0.1, -0.05) is 32.0 Å². The van der Waals surface area contributed by atoms with E-state index < -0.39 is 0 Å². The highest BCUT2D eigenvalue weighted by molar-refractivity contribution is 5.99. The molecule has 3 atom stereocenters. The van der Waals surface area contributed by atoms with Crippen molar-refractivity contribution in [3.63, 3.8) is 0 Å². The normalized spacial score (nSPS) is 33.5. The average molecular weight is 271 g/mol. The summed E-state index contributed by atoms with van der Waals surface area (Å²) in [6.07, 6.45) is 3.73. The van der Waals surface area contributed by atoms with Crippen LogP contribution in [0.3, 0.4) is 0 Å². The first-order valence-electron chi connectivity index (χ1n) is 7.70. The molecule has 1 aliphatic carbocycles. The summed E-state index contributed by atoms with van der Waals surface area (Å²) < 4.78 is 0. The van der Waals surface area contributed by atoms with Gasteiger partial charge in [-0.3, -0.25) is 4.99 Å². The number of hydrogen-bond acceptors (Lipinski definition) is 3. The van der Waals surface area contributed by atoms with Crippen LogP contribution in [0.2, 0.25) is 0 Å². The Morgan fingerprint density at radius 2 is 2.05 bits per heavy atom. The number of anilines is 1. The van der Waals surface area contributed by atoms with Crippen LogP contribution < -0.4 is 10.6 Å². The minimum absolute atomic E-state index is 0.0999. The number of para-hydroxylation sites is 1. The lowest BCUT2D eigenvalue weighted by molar-refractivity contribution is 0.180. The summed E-state index contributed by atoms with van der Waals surface area (Å²) in [5, 5.41) is 0. The number of aliphatic imine (C=N–C) groups is 1. The zero-order valence-corrected chi connectivity index (χ0v) is 12.8. The third kappa shape index (κ3) is 1.91. The van der Waals surface area contributed by atoms with Crippen molar-refractivity contribution in [1.29, 1.82) is 0 Å². The molecule has 1 aromatic carbocycles. The molecule has 0 radical (unpaired) electrons. The second-order valence-electron chi connectivity index (χ2n) is 6.68. The smallest absolute Gasteiger partial charge is 0.196 e. The van der Waals surface area contributed by atoms with Crippen LogP contribution in [0.1, 0.15) is 38.7 Å². The standard InChI is InChI=1S/C17H25N3/c1-12-8-9-17(14(3)10-12)11-19-16(18)20(17)15-7-5-4-6-13(15)2/h4-7,12,14H,8-11H2,1-3H3,(H2,18,19). The molecule has 3 unspecified atom stereocenters. The number of nitrogens with zero attached hydrogens (tertiary/aromatic N) is 2. The average Bonchev–Trinajstić information content (AvgIpc) is 2.74. The van der Waals surface area contributed by atoms with Crippen LogP contribution >= 0.6 is 0 Å². The maximum Gasteiger partial charge on any atom is 0.196 e. The summed E-state index contributed by atoms with van der Waals surface area (Å²) in [6, 6.07) is 8.51. The van der Waals surface area contributed by atoms with Crippen molar-refractivity contribution < 1.29 is 0 Å². The quantitative estimate of drug-likeness (QED) is 0.851. The Balaban J connectivity index is 2.03. The van der Waals surface area contributed by atoms with Crippen molar-refractivity contribution in [3.8, 4) is 0 Å². The van der Waals surface area contributed by atoms with Crippen molar-refractivity contribution in [2.75, 3.05) is 11.4 Å². The minimum Gasteiger partial charge on any atom is -0.369 e. The van der Waals surface area contributed by atoms with Gasteiger partial charge in [0.2, 0.25) is 0 Å².